The van der Waals surface area contributed by atoms with Crippen LogP contribution in [-0.2, 0) is 6.61 Å². The summed E-state index contributed by atoms with van der Waals surface area (Å²) in [6, 6.07) is 28.7. The number of para-hydroxylation sites is 1. The van der Waals surface area contributed by atoms with Crippen molar-refractivity contribution in [1.82, 2.24) is 9.66 Å². The minimum Gasteiger partial charge on any atom is -0.488 e. The first-order valence-corrected chi connectivity index (χ1v) is 13.8. The lowest BCUT2D eigenvalue weighted by Crippen LogP contribution is -2.20. The van der Waals surface area contributed by atoms with E-state index in [4.69, 9.17) is 14.1 Å². The van der Waals surface area contributed by atoms with E-state index >= 15 is 0 Å². The van der Waals surface area contributed by atoms with Crippen LogP contribution in [0.2, 0.25) is 0 Å². The molecule has 0 unspecified atom stereocenters. The summed E-state index contributed by atoms with van der Waals surface area (Å²) in [5.41, 5.74) is 3.90. The molecule has 0 saturated carbocycles. The molecule has 6 nitrogen and oxygen atoms in total. The van der Waals surface area contributed by atoms with Crippen LogP contribution in [-0.4, -0.2) is 15.9 Å². The maximum atomic E-state index is 13.6. The Morgan fingerprint density at radius 3 is 2.56 bits per heavy atom. The van der Waals surface area contributed by atoms with Crippen molar-refractivity contribution in [2.45, 2.75) is 13.5 Å². The van der Waals surface area contributed by atoms with E-state index in [1.165, 1.54) is 10.2 Å². The zero-order chi connectivity index (χ0) is 26.9. The fourth-order valence-corrected chi connectivity index (χ4v) is 4.99. The van der Waals surface area contributed by atoms with Gasteiger partial charge in [0.25, 0.3) is 5.56 Å². The fraction of sp³-hybridized carbons (Fsp3) is 0.0645. The Hall–Kier alpha value is -4.01. The van der Waals surface area contributed by atoms with Crippen LogP contribution in [0.4, 0.5) is 0 Å². The minimum atomic E-state index is -0.300. The highest BCUT2D eigenvalue weighted by Gasteiger charge is 2.17. The lowest BCUT2D eigenvalue weighted by molar-refractivity contribution is 0.305. The number of fused-ring (bicyclic) bond motifs is 2. The van der Waals surface area contributed by atoms with Crippen molar-refractivity contribution in [2.24, 2.45) is 5.10 Å². The summed E-state index contributed by atoms with van der Waals surface area (Å²) in [5, 5.41) is 5.95. The van der Waals surface area contributed by atoms with Gasteiger partial charge in [-0.1, -0.05) is 73.8 Å². The third-order valence-corrected chi connectivity index (χ3v) is 7.24. The molecule has 39 heavy (non-hydrogen) atoms. The molecule has 0 aliphatic rings. The number of nitrogens with zero attached hydrogens (tertiary/aromatic N) is 3. The number of rotatable bonds is 6. The zero-order valence-corrected chi connectivity index (χ0v) is 23.9. The quantitative estimate of drug-likeness (QED) is 0.172. The first-order valence-electron chi connectivity index (χ1n) is 12.2. The highest BCUT2D eigenvalue weighted by atomic mass is 79.9. The smallest absolute Gasteiger partial charge is 0.282 e. The fourth-order valence-electron chi connectivity index (χ4n) is 4.23. The molecule has 0 bridgehead atoms. The predicted octanol–water partition coefficient (Wildman–Crippen LogP) is 8.10. The molecule has 2 aromatic heterocycles. The minimum absolute atomic E-state index is 0.300. The molecule has 0 fully saturated rings. The summed E-state index contributed by atoms with van der Waals surface area (Å²) in [4.78, 5) is 18.4. The SMILES string of the molecule is Cc1ccc(COc2ccc(Br)cc2C=Nn2c(-c3cc4cc(Br)ccc4o3)nc3ccccc3c2=O)cc1. The molecule has 0 amide bonds. The molecule has 0 radical (unpaired) electrons. The first-order chi connectivity index (χ1) is 18.9. The van der Waals surface area contributed by atoms with E-state index in [0.717, 1.165) is 19.9 Å². The van der Waals surface area contributed by atoms with Gasteiger partial charge >= 0.3 is 0 Å². The standard InChI is InChI=1S/C31H21Br2N3O3/c1-19-6-8-20(9-7-19)18-38-27-12-10-24(33)15-22(27)17-34-36-30(35-26-5-3-2-4-25(26)31(36)37)29-16-21-14-23(32)11-13-28(21)39-29/h2-17H,18H2,1H3. The number of ether oxygens (including phenoxy) is 1. The molecule has 6 rings (SSSR count). The lowest BCUT2D eigenvalue weighted by atomic mass is 10.1. The van der Waals surface area contributed by atoms with Gasteiger partial charge in [0.2, 0.25) is 5.82 Å². The number of hydrogen-bond donors (Lipinski definition) is 0. The van der Waals surface area contributed by atoms with E-state index in [1.54, 1.807) is 18.3 Å². The van der Waals surface area contributed by atoms with Gasteiger partial charge in [-0.2, -0.15) is 9.78 Å². The Balaban J connectivity index is 1.44. The average Bonchev–Trinajstić information content (AvgIpc) is 3.36. The van der Waals surface area contributed by atoms with E-state index in [1.807, 2.05) is 66.7 Å². The van der Waals surface area contributed by atoms with Gasteiger partial charge in [-0.3, -0.25) is 4.79 Å². The molecule has 0 aliphatic carbocycles. The Bertz CT molecular complexity index is 1920. The average molecular weight is 643 g/mol. The zero-order valence-electron chi connectivity index (χ0n) is 20.8. The molecule has 8 heteroatoms. The van der Waals surface area contributed by atoms with E-state index < -0.39 is 0 Å². The molecule has 4 aromatic carbocycles. The van der Waals surface area contributed by atoms with Crippen LogP contribution >= 0.6 is 31.9 Å². The van der Waals surface area contributed by atoms with Gasteiger partial charge in [0.15, 0.2) is 5.76 Å². The monoisotopic (exact) mass is 641 g/mol. The second-order valence-corrected chi connectivity index (χ2v) is 10.9. The van der Waals surface area contributed by atoms with Gasteiger partial charge in [0.05, 0.1) is 17.1 Å². The second-order valence-electron chi connectivity index (χ2n) is 9.06. The second kappa shape index (κ2) is 10.6. The Labute approximate surface area is 240 Å². The molecule has 0 aliphatic heterocycles. The van der Waals surface area contributed by atoms with Gasteiger partial charge in [0.1, 0.15) is 17.9 Å². The molecule has 6 aromatic rings. The van der Waals surface area contributed by atoms with Crippen molar-refractivity contribution in [2.75, 3.05) is 0 Å². The van der Waals surface area contributed by atoms with Crippen molar-refractivity contribution in [3.63, 3.8) is 0 Å². The van der Waals surface area contributed by atoms with E-state index in [0.29, 0.717) is 46.0 Å². The topological polar surface area (TPSA) is 69.6 Å². The molecule has 192 valence electrons. The predicted molar refractivity (Wildman–Crippen MR) is 162 cm³/mol. The van der Waals surface area contributed by atoms with E-state index in [2.05, 4.69) is 56.0 Å². The van der Waals surface area contributed by atoms with Crippen LogP contribution in [0.5, 0.6) is 5.75 Å². The molecular weight excluding hydrogens is 622 g/mol. The summed E-state index contributed by atoms with van der Waals surface area (Å²) in [5.74, 6) is 1.38. The summed E-state index contributed by atoms with van der Waals surface area (Å²) in [6.45, 7) is 2.45. The number of furan rings is 1. The van der Waals surface area contributed by atoms with Crippen LogP contribution in [0.15, 0.2) is 114 Å². The Kier molecular flexibility index (Phi) is 6.89. The third kappa shape index (κ3) is 5.30. The van der Waals surface area contributed by atoms with Gasteiger partial charge in [-0.05, 0) is 67.1 Å². The summed E-state index contributed by atoms with van der Waals surface area (Å²) >= 11 is 7.03. The molecule has 0 spiro atoms. The highest BCUT2D eigenvalue weighted by molar-refractivity contribution is 9.10. The molecular formula is C31H21Br2N3O3. The van der Waals surface area contributed by atoms with Crippen LogP contribution < -0.4 is 10.3 Å². The number of aryl methyl sites for hydroxylation is 1. The van der Waals surface area contributed by atoms with Crippen LogP contribution in [0.1, 0.15) is 16.7 Å². The first kappa shape index (κ1) is 25.3. The number of halogens is 2. The van der Waals surface area contributed by atoms with Crippen LogP contribution in [0.3, 0.4) is 0 Å². The van der Waals surface area contributed by atoms with Crippen molar-refractivity contribution in [3.8, 4) is 17.3 Å². The van der Waals surface area contributed by atoms with Crippen molar-refractivity contribution >= 4 is 59.9 Å². The maximum Gasteiger partial charge on any atom is 0.282 e. The van der Waals surface area contributed by atoms with Crippen LogP contribution in [0.25, 0.3) is 33.5 Å². The number of benzene rings is 4. The molecule has 0 N–H and O–H groups in total. The van der Waals surface area contributed by atoms with Crippen molar-refractivity contribution in [1.29, 1.82) is 0 Å². The summed E-state index contributed by atoms with van der Waals surface area (Å²) < 4.78 is 15.3. The van der Waals surface area contributed by atoms with Crippen molar-refractivity contribution < 1.29 is 9.15 Å². The van der Waals surface area contributed by atoms with Crippen molar-refractivity contribution in [3.05, 3.63) is 127 Å². The maximum absolute atomic E-state index is 13.6. The van der Waals surface area contributed by atoms with E-state index in [9.17, 15) is 4.79 Å². The molecule has 0 saturated heterocycles. The molecule has 0 atom stereocenters. The Morgan fingerprint density at radius 1 is 0.949 bits per heavy atom. The number of hydrogen-bond acceptors (Lipinski definition) is 5. The largest absolute Gasteiger partial charge is 0.488 e. The highest BCUT2D eigenvalue weighted by Crippen LogP contribution is 2.29. The van der Waals surface area contributed by atoms with Gasteiger partial charge in [-0.25, -0.2) is 4.98 Å². The van der Waals surface area contributed by atoms with Crippen LogP contribution in [0, 0.1) is 6.92 Å². The number of aromatic nitrogens is 2. The normalized spacial score (nSPS) is 11.6. The third-order valence-electron chi connectivity index (χ3n) is 6.25. The van der Waals surface area contributed by atoms with Gasteiger partial charge in [0, 0.05) is 19.9 Å². The Morgan fingerprint density at radius 2 is 1.72 bits per heavy atom. The summed E-state index contributed by atoms with van der Waals surface area (Å²) in [6.07, 6.45) is 1.61. The lowest BCUT2D eigenvalue weighted by Gasteiger charge is -2.11. The van der Waals surface area contributed by atoms with Gasteiger partial charge in [-0.15, -0.1) is 0 Å². The van der Waals surface area contributed by atoms with Gasteiger partial charge < -0.3 is 9.15 Å². The molecule has 2 heterocycles. The summed E-state index contributed by atoms with van der Waals surface area (Å²) in [7, 11) is 0. The van der Waals surface area contributed by atoms with E-state index in [-0.39, 0.29) is 5.56 Å².